The van der Waals surface area contributed by atoms with Gasteiger partial charge < -0.3 is 14.5 Å². The van der Waals surface area contributed by atoms with Crippen LogP contribution in [0.3, 0.4) is 0 Å². The number of nitrogens with zero attached hydrogens (tertiary/aromatic N) is 4. The Balaban J connectivity index is 1.34. The van der Waals surface area contributed by atoms with Gasteiger partial charge in [0, 0.05) is 32.2 Å². The van der Waals surface area contributed by atoms with Crippen molar-refractivity contribution in [1.82, 2.24) is 19.7 Å². The Labute approximate surface area is 147 Å². The van der Waals surface area contributed by atoms with E-state index in [2.05, 4.69) is 21.8 Å². The van der Waals surface area contributed by atoms with Crippen LogP contribution in [-0.2, 0) is 4.74 Å². The highest BCUT2D eigenvalue weighted by atomic mass is 32.1. The molecule has 3 aliphatic rings. The first-order valence-corrected chi connectivity index (χ1v) is 9.57. The van der Waals surface area contributed by atoms with Gasteiger partial charge in [0.25, 0.3) is 5.91 Å². The van der Waals surface area contributed by atoms with Gasteiger partial charge in [0.05, 0.1) is 30.4 Å². The molecule has 6 nitrogen and oxygen atoms in total. The third-order valence-corrected chi connectivity index (χ3v) is 6.65. The Hall–Kier alpha value is -1.02. The maximum Gasteiger partial charge on any atom is 0.266 e. The summed E-state index contributed by atoms with van der Waals surface area (Å²) in [5.41, 5.74) is 0.753. The number of carbonyl (C=O) groups is 1. The van der Waals surface area contributed by atoms with Gasteiger partial charge >= 0.3 is 0 Å². The van der Waals surface area contributed by atoms with Crippen LogP contribution in [0.25, 0.3) is 0 Å². The molecule has 4 heterocycles. The average Bonchev–Trinajstić information content (AvgIpc) is 3.10. The molecule has 1 spiro atoms. The quantitative estimate of drug-likeness (QED) is 0.796. The molecule has 0 aliphatic carbocycles. The zero-order valence-corrected chi connectivity index (χ0v) is 15.6. The lowest BCUT2D eigenvalue weighted by atomic mass is 9.88. The van der Waals surface area contributed by atoms with Crippen LogP contribution < -0.4 is 0 Å². The topological polar surface area (TPSA) is 48.9 Å². The molecule has 1 aromatic rings. The Morgan fingerprint density at radius 2 is 1.96 bits per heavy atom. The maximum absolute atomic E-state index is 12.6. The third kappa shape index (κ3) is 2.87. The number of aromatic nitrogens is 1. The van der Waals surface area contributed by atoms with Crippen LogP contribution in [0, 0.1) is 13.8 Å². The Morgan fingerprint density at radius 1 is 1.25 bits per heavy atom. The first-order valence-electron chi connectivity index (χ1n) is 8.76. The minimum Gasteiger partial charge on any atom is -0.370 e. The summed E-state index contributed by atoms with van der Waals surface area (Å²) in [6.07, 6.45) is 1.06. The Kier molecular flexibility index (Phi) is 4.15. The van der Waals surface area contributed by atoms with Crippen LogP contribution in [0.5, 0.6) is 0 Å². The minimum atomic E-state index is -0.0999. The van der Waals surface area contributed by atoms with Gasteiger partial charge in [0.1, 0.15) is 10.5 Å². The van der Waals surface area contributed by atoms with Gasteiger partial charge in [-0.25, -0.2) is 4.98 Å². The highest BCUT2D eigenvalue weighted by Crippen LogP contribution is 2.38. The number of aryl methyl sites for hydroxylation is 2. The smallest absolute Gasteiger partial charge is 0.266 e. The van der Waals surface area contributed by atoms with Crippen molar-refractivity contribution >= 4 is 17.2 Å². The number of hydrogen-bond donors (Lipinski definition) is 0. The molecule has 0 saturated carbocycles. The zero-order valence-electron chi connectivity index (χ0n) is 14.7. The first kappa shape index (κ1) is 16.4. The molecule has 1 amide bonds. The molecule has 0 radical (unpaired) electrons. The summed E-state index contributed by atoms with van der Waals surface area (Å²) in [6.45, 7) is 10.7. The lowest BCUT2D eigenvalue weighted by Gasteiger charge is -2.47. The maximum atomic E-state index is 12.6. The monoisotopic (exact) mass is 350 g/mol. The summed E-state index contributed by atoms with van der Waals surface area (Å²) < 4.78 is 6.16. The average molecular weight is 350 g/mol. The van der Waals surface area contributed by atoms with Crippen molar-refractivity contribution in [1.29, 1.82) is 0 Å². The van der Waals surface area contributed by atoms with E-state index in [1.807, 2.05) is 18.7 Å². The van der Waals surface area contributed by atoms with E-state index >= 15 is 0 Å². The van der Waals surface area contributed by atoms with Gasteiger partial charge in [0.15, 0.2) is 0 Å². The fourth-order valence-corrected chi connectivity index (χ4v) is 5.02. The van der Waals surface area contributed by atoms with Crippen LogP contribution in [0.4, 0.5) is 0 Å². The summed E-state index contributed by atoms with van der Waals surface area (Å²) in [4.78, 5) is 24.7. The predicted molar refractivity (Wildman–Crippen MR) is 93.6 cm³/mol. The molecule has 4 rings (SSSR count). The zero-order chi connectivity index (χ0) is 16.9. The van der Waals surface area contributed by atoms with E-state index < -0.39 is 0 Å². The summed E-state index contributed by atoms with van der Waals surface area (Å²) >= 11 is 1.50. The van der Waals surface area contributed by atoms with E-state index in [9.17, 15) is 4.79 Å². The van der Waals surface area contributed by atoms with Gasteiger partial charge in [-0.2, -0.15) is 0 Å². The van der Waals surface area contributed by atoms with Gasteiger partial charge in [-0.15, -0.1) is 11.3 Å². The molecule has 1 unspecified atom stereocenters. The highest BCUT2D eigenvalue weighted by molar-refractivity contribution is 7.13. The fraction of sp³-hybridized carbons (Fsp3) is 0.765. The molecule has 0 N–H and O–H groups in total. The molecular weight excluding hydrogens is 324 g/mol. The van der Waals surface area contributed by atoms with Gasteiger partial charge in [-0.1, -0.05) is 0 Å². The molecular formula is C17H26N4O2S. The predicted octanol–water partition coefficient (Wildman–Crippen LogP) is 0.991. The third-order valence-electron chi connectivity index (χ3n) is 5.59. The van der Waals surface area contributed by atoms with Crippen molar-refractivity contribution in [3.05, 3.63) is 15.6 Å². The van der Waals surface area contributed by atoms with Crippen molar-refractivity contribution in [2.75, 3.05) is 52.9 Å². The number of likely N-dealkylation sites (tertiary alicyclic amines) is 1. The highest BCUT2D eigenvalue weighted by Gasteiger charge is 2.52. The SMILES string of the molecule is Cc1nc(C)c(C(=O)N2CC3(CC(N4CCN(C)CC4)CO3)C2)s1. The van der Waals surface area contributed by atoms with Crippen molar-refractivity contribution in [2.24, 2.45) is 0 Å². The largest absolute Gasteiger partial charge is 0.370 e. The Morgan fingerprint density at radius 3 is 2.58 bits per heavy atom. The number of rotatable bonds is 2. The molecule has 24 heavy (non-hydrogen) atoms. The lowest BCUT2D eigenvalue weighted by molar-refractivity contribution is -0.0950. The standard InChI is InChI=1S/C17H26N4O2S/c1-12-15(24-13(2)18-12)16(22)21-10-17(11-21)8-14(9-23-17)20-6-4-19(3)5-7-20/h14H,4-11H2,1-3H3. The van der Waals surface area contributed by atoms with Gasteiger partial charge in [-0.3, -0.25) is 9.69 Å². The number of likely N-dealkylation sites (N-methyl/N-ethyl adjacent to an activating group) is 1. The second kappa shape index (κ2) is 6.05. The number of thiazole rings is 1. The van der Waals surface area contributed by atoms with E-state index in [0.29, 0.717) is 6.04 Å². The van der Waals surface area contributed by atoms with Crippen LogP contribution >= 0.6 is 11.3 Å². The van der Waals surface area contributed by atoms with Gasteiger partial charge in [0.2, 0.25) is 0 Å². The minimum absolute atomic E-state index is 0.0999. The van der Waals surface area contributed by atoms with Crippen LogP contribution in [0.15, 0.2) is 0 Å². The summed E-state index contributed by atoms with van der Waals surface area (Å²) in [7, 11) is 2.18. The molecule has 3 fully saturated rings. The lowest BCUT2D eigenvalue weighted by Crippen LogP contribution is -2.63. The number of ether oxygens (including phenoxy) is 1. The molecule has 7 heteroatoms. The van der Waals surface area contributed by atoms with E-state index in [-0.39, 0.29) is 11.5 Å². The van der Waals surface area contributed by atoms with Crippen molar-refractivity contribution in [3.8, 4) is 0 Å². The summed E-state index contributed by atoms with van der Waals surface area (Å²) in [6, 6.07) is 0.517. The van der Waals surface area contributed by atoms with Crippen molar-refractivity contribution in [2.45, 2.75) is 31.9 Å². The summed E-state index contributed by atoms with van der Waals surface area (Å²) in [5, 5.41) is 0.957. The molecule has 132 valence electrons. The van der Waals surface area contributed by atoms with Crippen molar-refractivity contribution in [3.63, 3.8) is 0 Å². The second-order valence-corrected chi connectivity index (χ2v) is 8.70. The fourth-order valence-electron chi connectivity index (χ4n) is 4.13. The van der Waals surface area contributed by atoms with E-state index in [1.54, 1.807) is 0 Å². The number of hydrogen-bond acceptors (Lipinski definition) is 6. The number of piperazine rings is 1. The molecule has 3 saturated heterocycles. The molecule has 0 aromatic carbocycles. The normalized spacial score (nSPS) is 27.6. The van der Waals surface area contributed by atoms with E-state index in [1.165, 1.54) is 11.3 Å². The first-order chi connectivity index (χ1) is 11.5. The molecule has 0 bridgehead atoms. The van der Waals surface area contributed by atoms with E-state index in [0.717, 1.165) is 67.9 Å². The number of amides is 1. The molecule has 1 atom stereocenters. The van der Waals surface area contributed by atoms with E-state index in [4.69, 9.17) is 4.74 Å². The number of carbonyl (C=O) groups excluding carboxylic acids is 1. The Bertz CT molecular complexity index is 633. The van der Waals surface area contributed by atoms with Crippen LogP contribution in [-0.4, -0.2) is 90.2 Å². The van der Waals surface area contributed by atoms with Crippen LogP contribution in [0.1, 0.15) is 26.8 Å². The van der Waals surface area contributed by atoms with Crippen LogP contribution in [0.2, 0.25) is 0 Å². The molecule has 3 aliphatic heterocycles. The van der Waals surface area contributed by atoms with Gasteiger partial charge in [-0.05, 0) is 27.3 Å². The second-order valence-electron chi connectivity index (χ2n) is 7.50. The summed E-state index contributed by atoms with van der Waals surface area (Å²) in [5.74, 6) is 0.121. The van der Waals surface area contributed by atoms with Crippen molar-refractivity contribution < 1.29 is 9.53 Å². The molecule has 1 aromatic heterocycles.